The fourth-order valence-electron chi connectivity index (χ4n) is 2.99. The average Bonchev–Trinajstić information content (AvgIpc) is 2.76. The first-order chi connectivity index (χ1) is 8.96. The molecular formula is C17H27NO. The number of nitrogens with one attached hydrogen (secondary N) is 1. The highest BCUT2D eigenvalue weighted by Gasteiger charge is 2.63. The number of para-hydroxylation sites is 1. The molecule has 0 bridgehead atoms. The van der Waals surface area contributed by atoms with Crippen LogP contribution >= 0.6 is 0 Å². The first kappa shape index (κ1) is 14.4. The highest BCUT2D eigenvalue weighted by molar-refractivity contribution is 5.20. The molecule has 0 saturated heterocycles. The van der Waals surface area contributed by atoms with Gasteiger partial charge in [-0.25, -0.2) is 0 Å². The van der Waals surface area contributed by atoms with Crippen LogP contribution in [0.4, 0.5) is 0 Å². The van der Waals surface area contributed by atoms with Crippen LogP contribution < -0.4 is 10.1 Å². The molecule has 0 radical (unpaired) electrons. The molecule has 1 fully saturated rings. The van der Waals surface area contributed by atoms with Gasteiger partial charge in [0.2, 0.25) is 0 Å². The van der Waals surface area contributed by atoms with Gasteiger partial charge in [-0.2, -0.15) is 0 Å². The summed E-state index contributed by atoms with van der Waals surface area (Å²) in [7, 11) is 0. The lowest BCUT2D eigenvalue weighted by Gasteiger charge is -2.08. The van der Waals surface area contributed by atoms with Crippen molar-refractivity contribution in [3.05, 3.63) is 30.3 Å². The minimum absolute atomic E-state index is 0.487. The summed E-state index contributed by atoms with van der Waals surface area (Å²) in [6.07, 6.45) is 1.06. The third-order valence-corrected chi connectivity index (χ3v) is 5.18. The molecule has 2 rings (SSSR count). The van der Waals surface area contributed by atoms with Gasteiger partial charge in [-0.15, -0.1) is 0 Å². The van der Waals surface area contributed by atoms with Crippen LogP contribution in [0.5, 0.6) is 5.75 Å². The molecule has 2 heteroatoms. The minimum atomic E-state index is 0.487. The Morgan fingerprint density at radius 1 is 1.05 bits per heavy atom. The maximum Gasteiger partial charge on any atom is 0.119 e. The highest BCUT2D eigenvalue weighted by atomic mass is 16.5. The summed E-state index contributed by atoms with van der Waals surface area (Å²) >= 11 is 0. The summed E-state index contributed by atoms with van der Waals surface area (Å²) in [5.41, 5.74) is 0.973. The van der Waals surface area contributed by atoms with E-state index in [0.29, 0.717) is 10.8 Å². The molecule has 0 aromatic heterocycles. The Morgan fingerprint density at radius 3 is 2.26 bits per heavy atom. The summed E-state index contributed by atoms with van der Waals surface area (Å²) < 4.78 is 5.67. The predicted octanol–water partition coefficient (Wildman–Crippen LogP) is 3.73. The molecule has 106 valence electrons. The Hall–Kier alpha value is -1.02. The second kappa shape index (κ2) is 5.54. The van der Waals surface area contributed by atoms with Gasteiger partial charge in [-0.05, 0) is 48.4 Å². The van der Waals surface area contributed by atoms with Gasteiger partial charge in [-0.1, -0.05) is 45.9 Å². The number of benzene rings is 1. The molecule has 1 aliphatic rings. The van der Waals surface area contributed by atoms with Crippen molar-refractivity contribution in [3.8, 4) is 5.75 Å². The van der Waals surface area contributed by atoms with Crippen LogP contribution in [0.1, 0.15) is 34.1 Å². The number of hydrogen-bond acceptors (Lipinski definition) is 2. The molecule has 0 aliphatic heterocycles. The molecular weight excluding hydrogens is 234 g/mol. The maximum absolute atomic E-state index is 5.67. The van der Waals surface area contributed by atoms with E-state index in [1.54, 1.807) is 0 Å². The molecule has 19 heavy (non-hydrogen) atoms. The van der Waals surface area contributed by atoms with Crippen LogP contribution in [0.15, 0.2) is 30.3 Å². The van der Waals surface area contributed by atoms with Gasteiger partial charge >= 0.3 is 0 Å². The topological polar surface area (TPSA) is 21.3 Å². The molecule has 0 unspecified atom stereocenters. The Bertz CT molecular complexity index is 383. The summed E-state index contributed by atoms with van der Waals surface area (Å²) in [4.78, 5) is 0. The van der Waals surface area contributed by atoms with Crippen LogP contribution in [0.2, 0.25) is 0 Å². The van der Waals surface area contributed by atoms with Crippen molar-refractivity contribution < 1.29 is 4.74 Å². The molecule has 0 heterocycles. The Labute approximate surface area is 117 Å². The van der Waals surface area contributed by atoms with Gasteiger partial charge in [0.25, 0.3) is 0 Å². The van der Waals surface area contributed by atoms with Gasteiger partial charge in [0.15, 0.2) is 0 Å². The predicted molar refractivity (Wildman–Crippen MR) is 80.5 cm³/mol. The Kier molecular flexibility index (Phi) is 4.19. The van der Waals surface area contributed by atoms with Gasteiger partial charge in [0.05, 0.1) is 6.61 Å². The monoisotopic (exact) mass is 261 g/mol. The zero-order valence-corrected chi connectivity index (χ0v) is 12.7. The molecule has 0 amide bonds. The van der Waals surface area contributed by atoms with Gasteiger partial charge in [0.1, 0.15) is 5.75 Å². The summed E-state index contributed by atoms with van der Waals surface area (Å²) in [6.45, 7) is 12.4. The lowest BCUT2D eigenvalue weighted by atomic mass is 10.0. The van der Waals surface area contributed by atoms with E-state index < -0.39 is 0 Å². The van der Waals surface area contributed by atoms with Crippen LogP contribution in [-0.2, 0) is 0 Å². The van der Waals surface area contributed by atoms with Crippen LogP contribution in [0.25, 0.3) is 0 Å². The van der Waals surface area contributed by atoms with Crippen LogP contribution in [-0.4, -0.2) is 19.7 Å². The zero-order valence-electron chi connectivity index (χ0n) is 12.7. The summed E-state index contributed by atoms with van der Waals surface area (Å²) in [5, 5.41) is 3.56. The lowest BCUT2D eigenvalue weighted by molar-refractivity contribution is 0.307. The average molecular weight is 261 g/mol. The molecule has 0 atom stereocenters. The smallest absolute Gasteiger partial charge is 0.119 e. The van der Waals surface area contributed by atoms with Gasteiger partial charge in [-0.3, -0.25) is 0 Å². The van der Waals surface area contributed by atoms with E-state index in [4.69, 9.17) is 4.74 Å². The van der Waals surface area contributed by atoms with Crippen molar-refractivity contribution in [1.82, 2.24) is 5.32 Å². The van der Waals surface area contributed by atoms with E-state index in [0.717, 1.165) is 37.8 Å². The third-order valence-electron chi connectivity index (χ3n) is 5.18. The number of hydrogen-bond donors (Lipinski definition) is 1. The standard InChI is InChI=1S/C17H27NO/c1-16(2)15(17(16,3)4)13-18-11-8-12-19-14-9-6-5-7-10-14/h5-7,9-10,15,18H,8,11-13H2,1-4H3. The highest BCUT2D eigenvalue weighted by Crippen LogP contribution is 2.67. The van der Waals surface area contributed by atoms with E-state index in [2.05, 4.69) is 33.0 Å². The Morgan fingerprint density at radius 2 is 1.68 bits per heavy atom. The maximum atomic E-state index is 5.67. The zero-order chi connectivity index (χ0) is 13.9. The van der Waals surface area contributed by atoms with E-state index >= 15 is 0 Å². The van der Waals surface area contributed by atoms with E-state index in [1.807, 2.05) is 30.3 Å². The fraction of sp³-hybridized carbons (Fsp3) is 0.647. The molecule has 1 saturated carbocycles. The Balaban J connectivity index is 1.54. The normalized spacial score (nSPS) is 20.2. The van der Waals surface area contributed by atoms with E-state index in [-0.39, 0.29) is 0 Å². The fourth-order valence-corrected chi connectivity index (χ4v) is 2.99. The minimum Gasteiger partial charge on any atom is -0.494 e. The molecule has 1 aromatic carbocycles. The quantitative estimate of drug-likeness (QED) is 0.755. The molecule has 2 nitrogen and oxygen atoms in total. The summed E-state index contributed by atoms with van der Waals surface area (Å²) in [6, 6.07) is 10.0. The van der Waals surface area contributed by atoms with Crippen molar-refractivity contribution >= 4 is 0 Å². The SMILES string of the molecule is CC1(C)C(CNCCCOc2ccccc2)C1(C)C. The number of rotatable bonds is 7. The third kappa shape index (κ3) is 3.11. The molecule has 1 aromatic rings. The first-order valence-corrected chi connectivity index (χ1v) is 7.35. The van der Waals surface area contributed by atoms with Crippen molar-refractivity contribution in [3.63, 3.8) is 0 Å². The molecule has 1 aliphatic carbocycles. The van der Waals surface area contributed by atoms with Crippen molar-refractivity contribution in [2.45, 2.75) is 34.1 Å². The van der Waals surface area contributed by atoms with Gasteiger partial charge in [0, 0.05) is 0 Å². The van der Waals surface area contributed by atoms with Gasteiger partial charge < -0.3 is 10.1 Å². The van der Waals surface area contributed by atoms with E-state index in [9.17, 15) is 0 Å². The van der Waals surface area contributed by atoms with Crippen LogP contribution in [0, 0.1) is 16.7 Å². The van der Waals surface area contributed by atoms with Crippen molar-refractivity contribution in [2.24, 2.45) is 16.7 Å². The van der Waals surface area contributed by atoms with Crippen molar-refractivity contribution in [1.29, 1.82) is 0 Å². The van der Waals surface area contributed by atoms with E-state index in [1.165, 1.54) is 0 Å². The lowest BCUT2D eigenvalue weighted by Crippen LogP contribution is -2.22. The number of ether oxygens (including phenoxy) is 1. The first-order valence-electron chi connectivity index (χ1n) is 7.35. The second-order valence-corrected chi connectivity index (χ2v) is 6.72. The summed E-state index contributed by atoms with van der Waals surface area (Å²) in [5.74, 6) is 1.77. The van der Waals surface area contributed by atoms with Crippen molar-refractivity contribution in [2.75, 3.05) is 19.7 Å². The van der Waals surface area contributed by atoms with Crippen LogP contribution in [0.3, 0.4) is 0 Å². The largest absolute Gasteiger partial charge is 0.494 e. The second-order valence-electron chi connectivity index (χ2n) is 6.72. The molecule has 1 N–H and O–H groups in total. The molecule has 0 spiro atoms.